The Hall–Kier alpha value is -2.40. The lowest BCUT2D eigenvalue weighted by atomic mass is 10.2. The van der Waals surface area contributed by atoms with Gasteiger partial charge in [0.05, 0.1) is 20.5 Å². The van der Waals surface area contributed by atoms with Crippen molar-refractivity contribution in [2.75, 3.05) is 18.4 Å². The molecule has 0 spiro atoms. The molecular weight excluding hydrogens is 455 g/mol. The second-order valence-corrected chi connectivity index (χ2v) is 9.14. The van der Waals surface area contributed by atoms with Crippen LogP contribution in [0.2, 0.25) is 10.0 Å². The van der Waals surface area contributed by atoms with Crippen LogP contribution in [0.15, 0.2) is 41.3 Å². The molecule has 12 heteroatoms. The average Bonchev–Trinajstić information content (AvgIpc) is 3.48. The van der Waals surface area contributed by atoms with Crippen LogP contribution in [0.25, 0.3) is 0 Å². The smallest absolute Gasteiger partial charge is 0.269 e. The van der Waals surface area contributed by atoms with E-state index < -0.39 is 20.9 Å². The number of nitrogens with zero attached hydrogens (tertiary/aromatic N) is 1. The van der Waals surface area contributed by atoms with Crippen molar-refractivity contribution in [3.05, 3.63) is 62.1 Å². The van der Waals surface area contributed by atoms with E-state index in [0.29, 0.717) is 12.2 Å². The lowest BCUT2D eigenvalue weighted by Gasteiger charge is -2.12. The van der Waals surface area contributed by atoms with Gasteiger partial charge in [-0.3, -0.25) is 14.9 Å². The Bertz CT molecular complexity index is 1070. The third kappa shape index (κ3) is 5.60. The van der Waals surface area contributed by atoms with Crippen LogP contribution < -0.4 is 15.4 Å². The molecule has 0 saturated heterocycles. The maximum Gasteiger partial charge on any atom is 0.269 e. The fourth-order valence-electron chi connectivity index (χ4n) is 2.57. The van der Waals surface area contributed by atoms with Crippen LogP contribution in [0.3, 0.4) is 0 Å². The number of nitrogens with one attached hydrogen (secondary N) is 3. The van der Waals surface area contributed by atoms with Gasteiger partial charge in [-0.25, -0.2) is 13.1 Å². The van der Waals surface area contributed by atoms with E-state index in [0.717, 1.165) is 18.9 Å². The minimum atomic E-state index is -3.85. The number of carbonyl (C=O) groups excluding carboxylic acids is 1. The number of non-ortho nitro benzene ring substituents is 1. The first-order valence-corrected chi connectivity index (χ1v) is 11.2. The largest absolute Gasteiger partial charge is 0.383 e. The zero-order chi connectivity index (χ0) is 21.9. The number of benzene rings is 2. The number of hydrogen-bond acceptors (Lipinski definition) is 6. The van der Waals surface area contributed by atoms with Crippen LogP contribution in [0.5, 0.6) is 0 Å². The Morgan fingerprint density at radius 2 is 1.77 bits per heavy atom. The van der Waals surface area contributed by atoms with Crippen molar-refractivity contribution in [2.24, 2.45) is 0 Å². The number of sulfonamides is 1. The molecule has 160 valence electrons. The molecule has 1 amide bonds. The number of anilines is 1. The highest BCUT2D eigenvalue weighted by Gasteiger charge is 2.30. The van der Waals surface area contributed by atoms with Gasteiger partial charge >= 0.3 is 0 Å². The minimum Gasteiger partial charge on any atom is -0.383 e. The average molecular weight is 473 g/mol. The molecule has 9 nitrogen and oxygen atoms in total. The Morgan fingerprint density at radius 1 is 1.10 bits per heavy atom. The SMILES string of the molecule is O=C(NCCNc1ccc([N+](=O)[O-])cc1)c1cc(S(=O)(=O)NC2CC2)c(Cl)cc1Cl. The first kappa shape index (κ1) is 22.3. The number of hydrogen-bond donors (Lipinski definition) is 3. The first-order valence-electron chi connectivity index (χ1n) is 8.95. The van der Waals surface area contributed by atoms with Gasteiger partial charge < -0.3 is 10.6 Å². The Labute approximate surface area is 183 Å². The van der Waals surface area contributed by atoms with Gasteiger partial charge in [-0.1, -0.05) is 23.2 Å². The number of amides is 1. The van der Waals surface area contributed by atoms with E-state index in [1.807, 2.05) is 0 Å². The predicted octanol–water partition coefficient (Wildman–Crippen LogP) is 3.18. The number of nitro benzene ring substituents is 1. The molecule has 1 aliphatic rings. The molecule has 2 aromatic carbocycles. The van der Waals surface area contributed by atoms with Crippen molar-refractivity contribution < 1.29 is 18.1 Å². The van der Waals surface area contributed by atoms with E-state index in [1.165, 1.54) is 18.2 Å². The van der Waals surface area contributed by atoms with Gasteiger partial charge in [0.1, 0.15) is 4.90 Å². The zero-order valence-corrected chi connectivity index (χ0v) is 17.9. The molecule has 0 bridgehead atoms. The molecule has 1 saturated carbocycles. The van der Waals surface area contributed by atoms with Crippen LogP contribution in [-0.4, -0.2) is 38.4 Å². The maximum atomic E-state index is 12.5. The molecule has 0 aromatic heterocycles. The standard InChI is InChI=1S/C18H18Cl2N4O5S/c19-15-10-16(20)17(30(28,29)23-12-1-2-12)9-14(15)18(25)22-8-7-21-11-3-5-13(6-4-11)24(26)27/h3-6,9-10,12,21,23H,1-2,7-8H2,(H,22,25). The normalized spacial score (nSPS) is 13.7. The molecular formula is C18H18Cl2N4O5S. The summed E-state index contributed by atoms with van der Waals surface area (Å²) in [5, 5.41) is 16.3. The quantitative estimate of drug-likeness (QED) is 0.291. The van der Waals surface area contributed by atoms with Crippen molar-refractivity contribution in [3.63, 3.8) is 0 Å². The van der Waals surface area contributed by atoms with Crippen molar-refractivity contribution in [1.82, 2.24) is 10.0 Å². The van der Waals surface area contributed by atoms with E-state index >= 15 is 0 Å². The summed E-state index contributed by atoms with van der Waals surface area (Å²) in [6.45, 7) is 0.542. The van der Waals surface area contributed by atoms with Crippen molar-refractivity contribution in [2.45, 2.75) is 23.8 Å². The van der Waals surface area contributed by atoms with E-state index in [1.54, 1.807) is 12.1 Å². The minimum absolute atomic E-state index is 0.00688. The molecule has 3 N–H and O–H groups in total. The number of rotatable bonds is 9. The van der Waals surface area contributed by atoms with Crippen molar-refractivity contribution in [1.29, 1.82) is 0 Å². The number of halogens is 2. The molecule has 1 fully saturated rings. The van der Waals surface area contributed by atoms with Crippen molar-refractivity contribution >= 4 is 50.5 Å². The maximum absolute atomic E-state index is 12.5. The Morgan fingerprint density at radius 3 is 2.37 bits per heavy atom. The summed E-state index contributed by atoms with van der Waals surface area (Å²) >= 11 is 12.1. The van der Waals surface area contributed by atoms with Gasteiger partial charge in [-0.05, 0) is 37.1 Å². The Kier molecular flexibility index (Phi) is 6.81. The highest BCUT2D eigenvalue weighted by Crippen LogP contribution is 2.30. The lowest BCUT2D eigenvalue weighted by molar-refractivity contribution is -0.384. The number of carbonyl (C=O) groups is 1. The summed E-state index contributed by atoms with van der Waals surface area (Å²) in [5.41, 5.74) is 0.625. The molecule has 0 unspecified atom stereocenters. The lowest BCUT2D eigenvalue weighted by Crippen LogP contribution is -2.30. The summed E-state index contributed by atoms with van der Waals surface area (Å²) in [5.74, 6) is -0.551. The van der Waals surface area contributed by atoms with E-state index in [9.17, 15) is 23.3 Å². The molecule has 0 aliphatic heterocycles. The monoisotopic (exact) mass is 472 g/mol. The summed E-state index contributed by atoms with van der Waals surface area (Å²) in [4.78, 5) is 22.4. The zero-order valence-electron chi connectivity index (χ0n) is 15.5. The number of nitro groups is 1. The summed E-state index contributed by atoms with van der Waals surface area (Å²) in [7, 11) is -3.85. The molecule has 0 radical (unpaired) electrons. The highest BCUT2D eigenvalue weighted by atomic mass is 35.5. The third-order valence-electron chi connectivity index (χ3n) is 4.27. The molecule has 1 aliphatic carbocycles. The van der Waals surface area contributed by atoms with Gasteiger partial charge in [0.2, 0.25) is 10.0 Å². The second-order valence-electron chi connectivity index (χ2n) is 6.64. The molecule has 0 heterocycles. The van der Waals surface area contributed by atoms with Gasteiger partial charge in [-0.2, -0.15) is 0 Å². The fraction of sp³-hybridized carbons (Fsp3) is 0.278. The van der Waals surface area contributed by atoms with Crippen molar-refractivity contribution in [3.8, 4) is 0 Å². The van der Waals surface area contributed by atoms with E-state index in [-0.39, 0.29) is 38.8 Å². The van der Waals surface area contributed by atoms with E-state index in [2.05, 4.69) is 15.4 Å². The highest BCUT2D eigenvalue weighted by molar-refractivity contribution is 7.89. The summed E-state index contributed by atoms with van der Waals surface area (Å²) in [6, 6.07) is 8.13. The van der Waals surface area contributed by atoms with Crippen LogP contribution in [0.4, 0.5) is 11.4 Å². The molecule has 2 aromatic rings. The first-order chi connectivity index (χ1) is 14.2. The van der Waals surface area contributed by atoms with Gasteiger partial charge in [0.25, 0.3) is 11.6 Å². The summed E-state index contributed by atoms with van der Waals surface area (Å²) in [6.07, 6.45) is 1.53. The van der Waals surface area contributed by atoms with Crippen LogP contribution in [0, 0.1) is 10.1 Å². The third-order valence-corrected chi connectivity index (χ3v) is 6.57. The summed E-state index contributed by atoms with van der Waals surface area (Å²) < 4.78 is 27.4. The molecule has 0 atom stereocenters. The fourth-order valence-corrected chi connectivity index (χ4v) is 4.74. The van der Waals surface area contributed by atoms with Gasteiger partial charge in [0.15, 0.2) is 0 Å². The van der Waals surface area contributed by atoms with Crippen LogP contribution >= 0.6 is 23.2 Å². The van der Waals surface area contributed by atoms with Gasteiger partial charge in [0, 0.05) is 37.0 Å². The van der Waals surface area contributed by atoms with Crippen LogP contribution in [0.1, 0.15) is 23.2 Å². The molecule has 30 heavy (non-hydrogen) atoms. The molecule has 3 rings (SSSR count). The predicted molar refractivity (Wildman–Crippen MR) is 114 cm³/mol. The topological polar surface area (TPSA) is 130 Å². The van der Waals surface area contributed by atoms with Crippen LogP contribution in [-0.2, 0) is 10.0 Å². The Balaban J connectivity index is 1.60. The van der Waals surface area contributed by atoms with E-state index in [4.69, 9.17) is 23.2 Å². The van der Waals surface area contributed by atoms with Gasteiger partial charge in [-0.15, -0.1) is 0 Å². The second kappa shape index (κ2) is 9.17.